The first-order chi connectivity index (χ1) is 20.9. The molecule has 0 amide bonds. The second-order valence-electron chi connectivity index (χ2n) is 9.90. The van der Waals surface area contributed by atoms with Gasteiger partial charge in [-0.25, -0.2) is 0 Å². The fourth-order valence-corrected chi connectivity index (χ4v) is 8.50. The first-order valence-corrected chi connectivity index (χ1v) is 18.1. The molecule has 0 radical (unpaired) electrons. The van der Waals surface area contributed by atoms with E-state index in [1.807, 2.05) is 62.4 Å². The molecule has 0 spiro atoms. The zero-order valence-electron chi connectivity index (χ0n) is 24.1. The quantitative estimate of drug-likeness (QED) is 0.118. The predicted octanol–water partition coefficient (Wildman–Crippen LogP) is 11.1. The maximum atomic E-state index is 6.11. The minimum absolute atomic E-state index is 0.262. The molecule has 44 heavy (non-hydrogen) atoms. The highest BCUT2D eigenvalue weighted by Crippen LogP contribution is 2.37. The number of benzene rings is 3. The highest BCUT2D eigenvalue weighted by Gasteiger charge is 2.18. The van der Waals surface area contributed by atoms with Crippen molar-refractivity contribution in [3.63, 3.8) is 0 Å². The van der Waals surface area contributed by atoms with Gasteiger partial charge < -0.3 is 28.4 Å². The average Bonchev–Trinajstić information content (AvgIpc) is 2.93. The van der Waals surface area contributed by atoms with Crippen LogP contribution in [-0.4, -0.2) is 51.8 Å². The second kappa shape index (κ2) is 19.1. The summed E-state index contributed by atoms with van der Waals surface area (Å²) in [4.78, 5) is 0. The van der Waals surface area contributed by atoms with Gasteiger partial charge in [-0.15, -0.1) is 0 Å². The topological polar surface area (TPSA) is 55.4 Å². The van der Waals surface area contributed by atoms with E-state index >= 15 is 0 Å². The highest BCUT2D eigenvalue weighted by atomic mass is 79.9. The summed E-state index contributed by atoms with van der Waals surface area (Å²) < 4.78 is 41.6. The van der Waals surface area contributed by atoms with E-state index in [4.69, 9.17) is 28.4 Å². The van der Waals surface area contributed by atoms with Crippen LogP contribution in [0.3, 0.4) is 0 Å². The van der Waals surface area contributed by atoms with E-state index in [-0.39, 0.29) is 38.6 Å². The van der Waals surface area contributed by atoms with Gasteiger partial charge in [-0.3, -0.25) is 0 Å². The van der Waals surface area contributed by atoms with Gasteiger partial charge in [-0.1, -0.05) is 62.2 Å². The Morgan fingerprint density at radius 3 is 1.25 bits per heavy atom. The lowest BCUT2D eigenvalue weighted by Crippen LogP contribution is -2.30. The van der Waals surface area contributed by atoms with Crippen LogP contribution in [0.4, 0.5) is 0 Å². The Balaban J connectivity index is 1.61. The molecular weight excluding hydrogens is 960 g/mol. The summed E-state index contributed by atoms with van der Waals surface area (Å²) >= 11 is 21.2. The Bertz CT molecular complexity index is 1280. The maximum absolute atomic E-state index is 6.11. The number of halogens is 6. The Morgan fingerprint density at radius 2 is 0.909 bits per heavy atom. The van der Waals surface area contributed by atoms with E-state index in [2.05, 4.69) is 109 Å². The standard InChI is InChI=1S/C32H32Br6O6/c1-19(2)13-39-25(17-43-31-27(35)8-21(33)9-28(31)36)15-41-23-6-5-7-24(12-23)42-16-26(40-14-20(3)4)18-44-32-29(37)10-22(34)11-30(32)38/h5-12,25-26H,1,3,13-18H2,2,4H3. The van der Waals surface area contributed by atoms with E-state index in [1.165, 1.54) is 0 Å². The van der Waals surface area contributed by atoms with Crippen LogP contribution in [0.2, 0.25) is 0 Å². The number of hydrogen-bond acceptors (Lipinski definition) is 6. The van der Waals surface area contributed by atoms with Crippen LogP contribution >= 0.6 is 95.6 Å². The third-order valence-corrected chi connectivity index (χ3v) is 8.83. The summed E-state index contributed by atoms with van der Waals surface area (Å²) in [7, 11) is 0. The van der Waals surface area contributed by atoms with Crippen LogP contribution in [0.5, 0.6) is 23.0 Å². The van der Waals surface area contributed by atoms with Crippen LogP contribution < -0.4 is 18.9 Å². The van der Waals surface area contributed by atoms with E-state index < -0.39 is 0 Å². The summed E-state index contributed by atoms with van der Waals surface area (Å²) in [5, 5.41) is 0. The number of rotatable bonds is 18. The molecule has 0 aliphatic rings. The Labute approximate surface area is 309 Å². The molecule has 0 N–H and O–H groups in total. The summed E-state index contributed by atoms with van der Waals surface area (Å²) in [6, 6.07) is 15.1. The maximum Gasteiger partial charge on any atom is 0.147 e. The first kappa shape index (κ1) is 37.6. The molecule has 2 atom stereocenters. The molecule has 0 aliphatic carbocycles. The van der Waals surface area contributed by atoms with Crippen LogP contribution in [0.1, 0.15) is 13.8 Å². The van der Waals surface area contributed by atoms with Gasteiger partial charge in [0.15, 0.2) is 0 Å². The molecule has 0 saturated carbocycles. The summed E-state index contributed by atoms with van der Waals surface area (Å²) in [5.41, 5.74) is 1.81. The lowest BCUT2D eigenvalue weighted by atomic mass is 10.3. The van der Waals surface area contributed by atoms with E-state index in [9.17, 15) is 0 Å². The molecular formula is C32H32Br6O6. The third kappa shape index (κ3) is 13.1. The fraction of sp³-hybridized carbons (Fsp3) is 0.312. The van der Waals surface area contributed by atoms with Crippen molar-refractivity contribution >= 4 is 95.6 Å². The molecule has 0 bridgehead atoms. The molecule has 6 nitrogen and oxygen atoms in total. The third-order valence-electron chi connectivity index (χ3n) is 5.56. The lowest BCUT2D eigenvalue weighted by molar-refractivity contribution is 0.00141. The van der Waals surface area contributed by atoms with Crippen molar-refractivity contribution < 1.29 is 28.4 Å². The van der Waals surface area contributed by atoms with Gasteiger partial charge in [0.1, 0.15) is 61.6 Å². The molecule has 12 heteroatoms. The summed E-state index contributed by atoms with van der Waals surface area (Å²) in [5.74, 6) is 2.63. The average molecular weight is 992 g/mol. The van der Waals surface area contributed by atoms with Gasteiger partial charge in [0, 0.05) is 15.0 Å². The van der Waals surface area contributed by atoms with Crippen molar-refractivity contribution in [2.24, 2.45) is 0 Å². The molecule has 0 aliphatic heterocycles. The Kier molecular flexibility index (Phi) is 16.3. The van der Waals surface area contributed by atoms with E-state index in [0.29, 0.717) is 36.2 Å². The number of hydrogen-bond donors (Lipinski definition) is 0. The van der Waals surface area contributed by atoms with Gasteiger partial charge in [-0.05, 0) is 114 Å². The lowest BCUT2D eigenvalue weighted by Gasteiger charge is -2.21. The van der Waals surface area contributed by atoms with Crippen molar-refractivity contribution in [3.05, 3.63) is 99.7 Å². The minimum atomic E-state index is -0.354. The zero-order chi connectivity index (χ0) is 32.2. The van der Waals surface area contributed by atoms with Crippen molar-refractivity contribution in [2.75, 3.05) is 39.6 Å². The van der Waals surface area contributed by atoms with Gasteiger partial charge in [0.2, 0.25) is 0 Å². The fourth-order valence-electron chi connectivity index (χ4n) is 3.53. The molecule has 3 aromatic carbocycles. The van der Waals surface area contributed by atoms with Crippen LogP contribution in [0.15, 0.2) is 99.7 Å². The molecule has 238 valence electrons. The Hall–Kier alpha value is -0.860. The molecule has 0 fully saturated rings. The van der Waals surface area contributed by atoms with Gasteiger partial charge >= 0.3 is 0 Å². The minimum Gasteiger partial charge on any atom is -0.491 e. The van der Waals surface area contributed by atoms with Gasteiger partial charge in [0.25, 0.3) is 0 Å². The van der Waals surface area contributed by atoms with Crippen LogP contribution in [0.25, 0.3) is 0 Å². The predicted molar refractivity (Wildman–Crippen MR) is 197 cm³/mol. The van der Waals surface area contributed by atoms with Crippen molar-refractivity contribution in [2.45, 2.75) is 26.1 Å². The summed E-state index contributed by atoms with van der Waals surface area (Å²) in [6.45, 7) is 13.6. The molecule has 2 unspecified atom stereocenters. The van der Waals surface area contributed by atoms with Crippen molar-refractivity contribution in [3.8, 4) is 23.0 Å². The molecule has 3 aromatic rings. The van der Waals surface area contributed by atoms with Crippen molar-refractivity contribution in [1.29, 1.82) is 0 Å². The van der Waals surface area contributed by atoms with Gasteiger partial charge in [0.05, 0.1) is 31.1 Å². The molecule has 0 heterocycles. The van der Waals surface area contributed by atoms with Crippen molar-refractivity contribution in [1.82, 2.24) is 0 Å². The van der Waals surface area contributed by atoms with E-state index in [1.54, 1.807) is 0 Å². The summed E-state index contributed by atoms with van der Waals surface area (Å²) in [6.07, 6.45) is -0.707. The van der Waals surface area contributed by atoms with E-state index in [0.717, 1.165) is 38.0 Å². The number of ether oxygens (including phenoxy) is 6. The largest absolute Gasteiger partial charge is 0.491 e. The van der Waals surface area contributed by atoms with Crippen LogP contribution in [0, 0.1) is 0 Å². The SMILES string of the molecule is C=C(C)COC(COc1cccc(OCC(COc2c(Br)cc(Br)cc2Br)OCC(=C)C)c1)COc1c(Br)cc(Br)cc1Br. The molecule has 3 rings (SSSR count). The Morgan fingerprint density at radius 1 is 0.568 bits per heavy atom. The zero-order valence-corrected chi connectivity index (χ0v) is 33.7. The second-order valence-corrected chi connectivity index (χ2v) is 15.1. The first-order valence-electron chi connectivity index (χ1n) is 13.3. The normalized spacial score (nSPS) is 12.4. The molecule has 0 aromatic heterocycles. The van der Waals surface area contributed by atoms with Gasteiger partial charge in [-0.2, -0.15) is 0 Å². The molecule has 0 saturated heterocycles. The monoisotopic (exact) mass is 986 g/mol. The van der Waals surface area contributed by atoms with Crippen LogP contribution in [-0.2, 0) is 9.47 Å². The smallest absolute Gasteiger partial charge is 0.147 e. The highest BCUT2D eigenvalue weighted by molar-refractivity contribution is 9.12.